The van der Waals surface area contributed by atoms with Crippen molar-refractivity contribution in [3.8, 4) is 6.07 Å². The van der Waals surface area contributed by atoms with Gasteiger partial charge in [-0.2, -0.15) is 32.3 Å². The molecule has 0 amide bonds. The van der Waals surface area contributed by atoms with E-state index in [1.807, 2.05) is 6.07 Å². The zero-order valence-electron chi connectivity index (χ0n) is 25.0. The Kier molecular flexibility index (Phi) is 12.3. The average molecular weight is 707 g/mol. The smallest absolute Gasteiger partial charge is 0.296 e. The topological polar surface area (TPSA) is 262 Å². The first-order valence-electron chi connectivity index (χ1n) is 13.4. The van der Waals surface area contributed by atoms with Gasteiger partial charge in [-0.25, -0.2) is 13.4 Å². The van der Waals surface area contributed by atoms with E-state index in [1.165, 1.54) is 31.4 Å². The maximum Gasteiger partial charge on any atom is 0.296 e. The lowest BCUT2D eigenvalue weighted by atomic mass is 10.1. The maximum atomic E-state index is 12.3. The van der Waals surface area contributed by atoms with Crippen molar-refractivity contribution < 1.29 is 39.1 Å². The number of pyridine rings is 1. The fraction of sp³-hybridized carbons (Fsp3) is 0.259. The quantitative estimate of drug-likeness (QED) is 0.0868. The van der Waals surface area contributed by atoms with E-state index in [-0.39, 0.29) is 62.7 Å². The zero-order chi connectivity index (χ0) is 34.8. The summed E-state index contributed by atoms with van der Waals surface area (Å²) in [5.41, 5.74) is 0.262. The Balaban J connectivity index is 2.01. The number of azo groups is 2. The van der Waals surface area contributed by atoms with Crippen molar-refractivity contribution in [2.24, 2.45) is 20.5 Å². The Labute approximate surface area is 271 Å². The predicted molar refractivity (Wildman–Crippen MR) is 172 cm³/mol. The molecule has 1 heterocycles. The lowest BCUT2D eigenvalue weighted by Crippen LogP contribution is -2.16. The third kappa shape index (κ3) is 10.4. The summed E-state index contributed by atoms with van der Waals surface area (Å²) < 4.78 is 94.7. The maximum absolute atomic E-state index is 12.3. The van der Waals surface area contributed by atoms with E-state index in [1.54, 1.807) is 6.92 Å². The van der Waals surface area contributed by atoms with Crippen LogP contribution in [0.5, 0.6) is 0 Å². The molecule has 0 saturated heterocycles. The molecule has 0 bridgehead atoms. The molecule has 47 heavy (non-hydrogen) atoms. The summed E-state index contributed by atoms with van der Waals surface area (Å²) in [4.78, 5) is 3.39. The van der Waals surface area contributed by atoms with Crippen molar-refractivity contribution in [3.63, 3.8) is 0 Å². The number of hydrogen-bond acceptors (Lipinski definition) is 15. The minimum absolute atomic E-state index is 0.0190. The molecule has 0 unspecified atom stereocenters. The van der Waals surface area contributed by atoms with Gasteiger partial charge in [-0.05, 0) is 55.8 Å². The van der Waals surface area contributed by atoms with Crippen LogP contribution in [0, 0.1) is 18.3 Å². The van der Waals surface area contributed by atoms with Crippen molar-refractivity contribution in [3.05, 3.63) is 65.6 Å². The molecule has 0 radical (unpaired) electrons. The average Bonchev–Trinajstić information content (AvgIpc) is 3.01. The number of benzene rings is 2. The van der Waals surface area contributed by atoms with Crippen molar-refractivity contribution in [2.45, 2.75) is 23.1 Å². The molecule has 20 heteroatoms. The van der Waals surface area contributed by atoms with E-state index in [0.717, 1.165) is 23.6 Å². The van der Waals surface area contributed by atoms with E-state index < -0.39 is 35.0 Å². The van der Waals surface area contributed by atoms with Gasteiger partial charge in [0.1, 0.15) is 28.2 Å². The van der Waals surface area contributed by atoms with Crippen LogP contribution in [0.15, 0.2) is 84.7 Å². The van der Waals surface area contributed by atoms with Gasteiger partial charge in [0.15, 0.2) is 15.7 Å². The second-order valence-electron chi connectivity index (χ2n) is 9.50. The Morgan fingerprint density at radius 2 is 1.55 bits per heavy atom. The zero-order valence-corrected chi connectivity index (χ0v) is 27.5. The first kappa shape index (κ1) is 36.8. The second kappa shape index (κ2) is 15.8. The minimum Gasteiger partial charge on any atom is -0.385 e. The normalized spacial score (nSPS) is 12.3. The number of nitrogens with one attached hydrogen (secondary N) is 2. The van der Waals surface area contributed by atoms with Crippen LogP contribution in [0.25, 0.3) is 0 Å². The predicted octanol–water partition coefficient (Wildman–Crippen LogP) is 5.00. The fourth-order valence-corrected chi connectivity index (χ4v) is 5.46. The van der Waals surface area contributed by atoms with Gasteiger partial charge in [0.2, 0.25) is 0 Å². The van der Waals surface area contributed by atoms with Crippen LogP contribution in [0.4, 0.5) is 34.4 Å². The third-order valence-electron chi connectivity index (χ3n) is 6.17. The highest BCUT2D eigenvalue weighted by Gasteiger charge is 2.20. The number of rotatable bonds is 16. The van der Waals surface area contributed by atoms with Gasteiger partial charge >= 0.3 is 0 Å². The Morgan fingerprint density at radius 3 is 2.15 bits per heavy atom. The molecule has 1 aromatic heterocycles. The van der Waals surface area contributed by atoms with Gasteiger partial charge in [0, 0.05) is 37.8 Å². The number of methoxy groups -OCH3 is 1. The first-order chi connectivity index (χ1) is 22.1. The molecule has 0 atom stereocenters. The van der Waals surface area contributed by atoms with Crippen LogP contribution in [-0.4, -0.2) is 71.9 Å². The van der Waals surface area contributed by atoms with E-state index >= 15 is 0 Å². The van der Waals surface area contributed by atoms with Crippen LogP contribution in [-0.2, 0) is 34.8 Å². The number of ether oxygens (including phenoxy) is 1. The first-order valence-corrected chi connectivity index (χ1v) is 18.0. The standard InChI is InChI=1S/C27H30N8O9S3/c1-4-45(36,37)15-13-30-26-22(17-28)18(2)25(27(31-26)29-12-5-14-44-3)35-34-23-11-8-20(16-24(23)47(41,42)43)33-32-19-6-9-21(10-7-19)46(38,39)40/h4,6-11,16H,1,5,12-15H2,2-3H3,(H2,29,30,31)(H,38,39,40)(H,41,42,43)/b33-32+,35-34+. The number of anilines is 2. The fourth-order valence-electron chi connectivity index (χ4n) is 3.78. The lowest BCUT2D eigenvalue weighted by Gasteiger charge is -2.15. The Morgan fingerprint density at radius 1 is 0.915 bits per heavy atom. The molecular formula is C27H30N8O9S3. The summed E-state index contributed by atoms with van der Waals surface area (Å²) in [5, 5.41) is 32.6. The lowest BCUT2D eigenvalue weighted by molar-refractivity contribution is 0.198. The summed E-state index contributed by atoms with van der Waals surface area (Å²) in [6, 6.07) is 10.2. The molecule has 0 aliphatic rings. The molecule has 3 aromatic rings. The molecule has 0 saturated carbocycles. The summed E-state index contributed by atoms with van der Waals surface area (Å²) >= 11 is 0. The number of hydrogen-bond donors (Lipinski definition) is 4. The molecule has 3 rings (SSSR count). The number of nitriles is 1. The van der Waals surface area contributed by atoms with Crippen molar-refractivity contribution in [1.29, 1.82) is 5.26 Å². The highest BCUT2D eigenvalue weighted by Crippen LogP contribution is 2.37. The van der Waals surface area contributed by atoms with Gasteiger partial charge in [0.05, 0.1) is 27.6 Å². The van der Waals surface area contributed by atoms with E-state index in [9.17, 15) is 35.1 Å². The summed E-state index contributed by atoms with van der Waals surface area (Å²) in [5.74, 6) is -0.0678. The molecule has 250 valence electrons. The van der Waals surface area contributed by atoms with Gasteiger partial charge in [0.25, 0.3) is 20.2 Å². The second-order valence-corrected chi connectivity index (χ2v) is 14.4. The summed E-state index contributed by atoms with van der Waals surface area (Å²) in [6.07, 6.45) is 0.557. The van der Waals surface area contributed by atoms with Crippen LogP contribution >= 0.6 is 0 Å². The van der Waals surface area contributed by atoms with Crippen LogP contribution in [0.1, 0.15) is 17.5 Å². The highest BCUT2D eigenvalue weighted by molar-refractivity contribution is 7.94. The Bertz CT molecular complexity index is 2060. The van der Waals surface area contributed by atoms with E-state index in [4.69, 9.17) is 9.29 Å². The molecule has 2 aromatic carbocycles. The number of sulfone groups is 1. The molecule has 0 fully saturated rings. The Hall–Kier alpha value is -4.65. The summed E-state index contributed by atoms with van der Waals surface area (Å²) in [6.45, 7) is 5.52. The van der Waals surface area contributed by atoms with Gasteiger partial charge in [-0.3, -0.25) is 9.11 Å². The third-order valence-corrected chi connectivity index (χ3v) is 9.20. The molecular weight excluding hydrogens is 677 g/mol. The van der Waals surface area contributed by atoms with Crippen molar-refractivity contribution in [1.82, 2.24) is 4.98 Å². The summed E-state index contributed by atoms with van der Waals surface area (Å²) in [7, 11) is -11.3. The van der Waals surface area contributed by atoms with E-state index in [0.29, 0.717) is 19.6 Å². The van der Waals surface area contributed by atoms with Crippen LogP contribution < -0.4 is 10.6 Å². The molecule has 4 N–H and O–H groups in total. The van der Waals surface area contributed by atoms with Crippen LogP contribution in [0.2, 0.25) is 0 Å². The monoisotopic (exact) mass is 706 g/mol. The molecule has 0 aliphatic heterocycles. The van der Waals surface area contributed by atoms with E-state index in [2.05, 4.69) is 42.7 Å². The van der Waals surface area contributed by atoms with Crippen LogP contribution in [0.3, 0.4) is 0 Å². The largest absolute Gasteiger partial charge is 0.385 e. The number of nitrogens with zero attached hydrogens (tertiary/aromatic N) is 6. The highest BCUT2D eigenvalue weighted by atomic mass is 32.2. The minimum atomic E-state index is -4.86. The van der Waals surface area contributed by atoms with Gasteiger partial charge in [-0.1, -0.05) is 6.58 Å². The van der Waals surface area contributed by atoms with Gasteiger partial charge < -0.3 is 15.4 Å². The molecule has 17 nitrogen and oxygen atoms in total. The van der Waals surface area contributed by atoms with Crippen molar-refractivity contribution in [2.75, 3.05) is 43.2 Å². The number of aromatic nitrogens is 1. The molecule has 0 aliphatic carbocycles. The van der Waals surface area contributed by atoms with Gasteiger partial charge in [-0.15, -0.1) is 10.2 Å². The molecule has 0 spiro atoms. The SMILES string of the molecule is C=CS(=O)(=O)CCNc1nc(NCCCOC)c(/N=N/c2ccc(/N=N/c3ccc(S(=O)(=O)O)cc3)cc2S(=O)(=O)O)c(C)c1C#N. The van der Waals surface area contributed by atoms with Crippen molar-refractivity contribution >= 4 is 64.5 Å².